The third-order valence-electron chi connectivity index (χ3n) is 5.19. The highest BCUT2D eigenvalue weighted by Gasteiger charge is 2.27. The Hall–Kier alpha value is -2.65. The third kappa shape index (κ3) is 3.55. The van der Waals surface area contributed by atoms with Crippen molar-refractivity contribution in [3.63, 3.8) is 0 Å². The number of aromatic nitrogens is 1. The molecule has 4 rings (SSSR count). The lowest BCUT2D eigenvalue weighted by atomic mass is 9.99. The molecule has 9 heteroatoms. The van der Waals surface area contributed by atoms with Crippen molar-refractivity contribution in [1.82, 2.24) is 9.88 Å². The first-order chi connectivity index (χ1) is 13.7. The van der Waals surface area contributed by atoms with E-state index in [0.29, 0.717) is 48.5 Å². The van der Waals surface area contributed by atoms with Gasteiger partial charge >= 0.3 is 0 Å². The molecule has 0 unspecified atom stereocenters. The van der Waals surface area contributed by atoms with Crippen LogP contribution in [0.25, 0.3) is 10.9 Å². The maximum absolute atomic E-state index is 12.7. The third-order valence-corrected chi connectivity index (χ3v) is 5.19. The summed E-state index contributed by atoms with van der Waals surface area (Å²) in [5.41, 5.74) is 2.70. The average molecular weight is 388 g/mol. The second-order valence-electron chi connectivity index (χ2n) is 6.98. The summed E-state index contributed by atoms with van der Waals surface area (Å²) in [7, 11) is 0. The first-order valence-corrected chi connectivity index (χ1v) is 9.63. The Morgan fingerprint density at radius 1 is 1.25 bits per heavy atom. The number of anilines is 1. The van der Waals surface area contributed by atoms with Crippen LogP contribution in [0.3, 0.4) is 0 Å². The summed E-state index contributed by atoms with van der Waals surface area (Å²) < 4.78 is 11.3. The smallest absolute Gasteiger partial charge is 0.253 e. The van der Waals surface area contributed by atoms with E-state index in [9.17, 15) is 9.70 Å². The van der Waals surface area contributed by atoms with E-state index >= 15 is 0 Å². The number of fused-ring (bicyclic) bond motifs is 3. The standard InChI is InChI=1S/C19H24N4O5/c1-2-27-16-11-13(12-22-6-8-26-9-7-22)10-15-17(16)18-14(19(24)20-15)4-3-5-23(18)28-21-25/h10-11H,2-9,12H2,1H3,(H,20,24). The number of aromatic amines is 1. The minimum Gasteiger partial charge on any atom is -0.493 e. The molecule has 0 atom stereocenters. The first-order valence-electron chi connectivity index (χ1n) is 9.63. The highest BCUT2D eigenvalue weighted by Crippen LogP contribution is 2.39. The zero-order valence-electron chi connectivity index (χ0n) is 15.9. The number of H-pyrrole nitrogens is 1. The van der Waals surface area contributed by atoms with Crippen LogP contribution in [0.1, 0.15) is 24.5 Å². The van der Waals surface area contributed by atoms with E-state index in [1.807, 2.05) is 19.1 Å². The van der Waals surface area contributed by atoms with Gasteiger partial charge in [-0.3, -0.25) is 9.69 Å². The van der Waals surface area contributed by atoms with Gasteiger partial charge in [0.15, 0.2) is 5.34 Å². The van der Waals surface area contributed by atoms with E-state index in [0.717, 1.165) is 43.8 Å². The number of ether oxygens (including phenoxy) is 2. The average Bonchev–Trinajstić information content (AvgIpc) is 2.69. The number of benzene rings is 1. The van der Waals surface area contributed by atoms with Crippen molar-refractivity contribution in [2.75, 3.05) is 44.5 Å². The minimum atomic E-state index is -0.173. The van der Waals surface area contributed by atoms with Crippen LogP contribution in [0.15, 0.2) is 22.3 Å². The monoisotopic (exact) mass is 388 g/mol. The second-order valence-corrected chi connectivity index (χ2v) is 6.98. The highest BCUT2D eigenvalue weighted by atomic mass is 16.9. The molecule has 2 aliphatic rings. The lowest BCUT2D eigenvalue weighted by Crippen LogP contribution is -2.35. The van der Waals surface area contributed by atoms with Crippen LogP contribution >= 0.6 is 0 Å². The zero-order valence-corrected chi connectivity index (χ0v) is 15.9. The number of rotatable bonds is 6. The normalized spacial score (nSPS) is 17.4. The zero-order chi connectivity index (χ0) is 19.5. The van der Waals surface area contributed by atoms with Gasteiger partial charge in [0.1, 0.15) is 5.75 Å². The largest absolute Gasteiger partial charge is 0.493 e. The van der Waals surface area contributed by atoms with Gasteiger partial charge in [-0.25, -0.2) is 4.94 Å². The molecule has 3 heterocycles. The number of hydrogen-bond donors (Lipinski definition) is 1. The van der Waals surface area contributed by atoms with Crippen LogP contribution in [0.5, 0.6) is 5.75 Å². The summed E-state index contributed by atoms with van der Waals surface area (Å²) in [6, 6.07) is 3.97. The van der Waals surface area contributed by atoms with Gasteiger partial charge in [0, 0.05) is 25.2 Å². The van der Waals surface area contributed by atoms with Gasteiger partial charge in [-0.2, -0.15) is 5.06 Å². The molecular formula is C19H24N4O5. The van der Waals surface area contributed by atoms with Gasteiger partial charge < -0.3 is 14.5 Å². The number of pyridine rings is 1. The van der Waals surface area contributed by atoms with Crippen molar-refractivity contribution in [2.45, 2.75) is 26.3 Å². The number of morpholine rings is 1. The van der Waals surface area contributed by atoms with Gasteiger partial charge in [0.25, 0.3) is 5.56 Å². The highest BCUT2D eigenvalue weighted by molar-refractivity contribution is 5.98. The van der Waals surface area contributed by atoms with Crippen molar-refractivity contribution >= 4 is 16.6 Å². The number of nitrogens with one attached hydrogen (secondary N) is 1. The molecule has 1 aromatic carbocycles. The fourth-order valence-corrected chi connectivity index (χ4v) is 3.99. The first kappa shape index (κ1) is 18.7. The van der Waals surface area contributed by atoms with Crippen LogP contribution in [0, 0.1) is 4.91 Å². The van der Waals surface area contributed by atoms with E-state index < -0.39 is 0 Å². The summed E-state index contributed by atoms with van der Waals surface area (Å²) in [4.78, 5) is 33.7. The molecule has 9 nitrogen and oxygen atoms in total. The molecule has 1 aromatic heterocycles. The molecule has 1 fully saturated rings. The molecule has 0 amide bonds. The maximum atomic E-state index is 12.7. The van der Waals surface area contributed by atoms with Crippen LogP contribution in [-0.2, 0) is 22.6 Å². The molecule has 2 aliphatic heterocycles. The SMILES string of the molecule is CCOc1cc(CN2CCOCC2)cc2[nH]c(=O)c3c(c12)N(ON=O)CCC3. The summed E-state index contributed by atoms with van der Waals surface area (Å²) in [6.07, 6.45) is 1.32. The summed E-state index contributed by atoms with van der Waals surface area (Å²) in [5, 5.41) is 4.71. The molecule has 2 aromatic rings. The number of hydrogen-bond acceptors (Lipinski definition) is 8. The van der Waals surface area contributed by atoms with Gasteiger partial charge in [-0.1, -0.05) is 0 Å². The summed E-state index contributed by atoms with van der Waals surface area (Å²) in [6.45, 7) is 6.82. The second kappa shape index (κ2) is 8.15. The summed E-state index contributed by atoms with van der Waals surface area (Å²) in [5.74, 6) is 0.664. The predicted molar refractivity (Wildman–Crippen MR) is 104 cm³/mol. The van der Waals surface area contributed by atoms with Crippen molar-refractivity contribution in [3.8, 4) is 5.75 Å². The molecule has 1 saturated heterocycles. The molecule has 28 heavy (non-hydrogen) atoms. The van der Waals surface area contributed by atoms with E-state index in [4.69, 9.17) is 14.4 Å². The number of nitrogens with zero attached hydrogens (tertiary/aromatic N) is 3. The Bertz CT molecular complexity index is 923. The van der Waals surface area contributed by atoms with Crippen LogP contribution < -0.4 is 15.4 Å². The van der Waals surface area contributed by atoms with Gasteiger partial charge in [-0.05, 0) is 37.5 Å². The van der Waals surface area contributed by atoms with Crippen molar-refractivity contribution in [2.24, 2.45) is 5.34 Å². The molecule has 0 spiro atoms. The van der Waals surface area contributed by atoms with Crippen molar-refractivity contribution < 1.29 is 14.4 Å². The lowest BCUT2D eigenvalue weighted by Gasteiger charge is -2.29. The molecule has 0 radical (unpaired) electrons. The van der Waals surface area contributed by atoms with Crippen molar-refractivity contribution in [1.29, 1.82) is 0 Å². The summed E-state index contributed by atoms with van der Waals surface area (Å²) >= 11 is 0. The maximum Gasteiger partial charge on any atom is 0.253 e. The molecule has 0 bridgehead atoms. The topological polar surface area (TPSA) is 96.5 Å². The van der Waals surface area contributed by atoms with Gasteiger partial charge in [-0.15, -0.1) is 4.91 Å². The predicted octanol–water partition coefficient (Wildman–Crippen LogP) is 2.12. The fraction of sp³-hybridized carbons (Fsp3) is 0.526. The lowest BCUT2D eigenvalue weighted by molar-refractivity contribution is 0.0342. The molecular weight excluding hydrogens is 364 g/mol. The minimum absolute atomic E-state index is 0.173. The Labute approximate surface area is 162 Å². The molecule has 0 aliphatic carbocycles. The fourth-order valence-electron chi connectivity index (χ4n) is 3.99. The van der Waals surface area contributed by atoms with Crippen LogP contribution in [0.2, 0.25) is 0 Å². The molecule has 0 saturated carbocycles. The van der Waals surface area contributed by atoms with E-state index in [2.05, 4.69) is 15.2 Å². The van der Waals surface area contributed by atoms with Crippen LogP contribution in [-0.4, -0.2) is 49.3 Å². The molecule has 150 valence electrons. The van der Waals surface area contributed by atoms with Gasteiger partial charge in [0.05, 0.1) is 43.0 Å². The van der Waals surface area contributed by atoms with Crippen LogP contribution in [0.4, 0.5) is 5.69 Å². The van der Waals surface area contributed by atoms with E-state index in [1.54, 1.807) is 0 Å². The van der Waals surface area contributed by atoms with Gasteiger partial charge in [0.2, 0.25) is 0 Å². The number of hydroxylamine groups is 1. The van der Waals surface area contributed by atoms with E-state index in [-0.39, 0.29) is 5.56 Å². The van der Waals surface area contributed by atoms with E-state index in [1.165, 1.54) is 5.06 Å². The Morgan fingerprint density at radius 3 is 2.82 bits per heavy atom. The van der Waals surface area contributed by atoms with Crippen molar-refractivity contribution in [3.05, 3.63) is 38.5 Å². The Morgan fingerprint density at radius 2 is 2.07 bits per heavy atom. The quantitative estimate of drug-likeness (QED) is 0.598. The Kier molecular flexibility index (Phi) is 5.45. The Balaban J connectivity index is 1.84. The molecule has 1 N–H and O–H groups in total.